The molecule has 2 unspecified atom stereocenters. The number of nitrogens with one attached hydrogen (secondary N) is 1. The predicted molar refractivity (Wildman–Crippen MR) is 110 cm³/mol. The number of hydrogen-bond donors (Lipinski definition) is 1. The van der Waals surface area contributed by atoms with Gasteiger partial charge < -0.3 is 19.5 Å². The molecule has 29 heavy (non-hydrogen) atoms. The number of aromatic nitrogens is 1. The number of carbonyl (C=O) groups is 1. The minimum absolute atomic E-state index is 0.0305. The highest BCUT2D eigenvalue weighted by molar-refractivity contribution is 6.33. The molecule has 4 atom stereocenters. The first-order valence-electron chi connectivity index (χ1n) is 10.8. The number of hydrogen-bond acceptors (Lipinski definition) is 5. The van der Waals surface area contributed by atoms with Crippen LogP contribution in [-0.4, -0.2) is 42.4 Å². The molecule has 0 radical (unpaired) electrons. The number of carbonyl (C=O) groups excluding carboxylic acids is 1. The number of nitrogens with zero attached hydrogens (tertiary/aromatic N) is 1. The minimum atomic E-state index is -0.0305. The standard InChI is InChI=1S/C22H31ClN2O4/c1-13(25-14(2)26)11-27-18-8-16(9-18)12-28-22-21(23)19(5-6-24-22)29-20-10-15-3-4-17(20)7-15/h5-6,13,15-18,20H,3-4,7-12H2,1-2H3,(H,25,26)/t13-,15+,16?,17?,18?,20?/m0/s1. The highest BCUT2D eigenvalue weighted by Crippen LogP contribution is 2.47. The Morgan fingerprint density at radius 2 is 2.14 bits per heavy atom. The van der Waals surface area contributed by atoms with E-state index in [1.165, 1.54) is 26.2 Å². The monoisotopic (exact) mass is 422 g/mol. The molecule has 160 valence electrons. The molecule has 1 amide bonds. The zero-order valence-electron chi connectivity index (χ0n) is 17.2. The number of ether oxygens (including phenoxy) is 3. The van der Waals surface area contributed by atoms with E-state index in [0.29, 0.717) is 41.7 Å². The van der Waals surface area contributed by atoms with Crippen molar-refractivity contribution in [2.75, 3.05) is 13.2 Å². The third-order valence-electron chi connectivity index (χ3n) is 6.45. The molecule has 4 rings (SSSR count). The van der Waals surface area contributed by atoms with Gasteiger partial charge in [0, 0.05) is 25.2 Å². The summed E-state index contributed by atoms with van der Waals surface area (Å²) in [5, 5.41) is 3.30. The molecule has 1 aromatic heterocycles. The maximum absolute atomic E-state index is 11.0. The summed E-state index contributed by atoms with van der Waals surface area (Å²) in [5.41, 5.74) is 0. The number of halogens is 1. The van der Waals surface area contributed by atoms with Crippen molar-refractivity contribution in [2.24, 2.45) is 17.8 Å². The summed E-state index contributed by atoms with van der Waals surface area (Å²) in [6, 6.07) is 1.87. The molecule has 3 aliphatic rings. The van der Waals surface area contributed by atoms with Crippen molar-refractivity contribution in [3.8, 4) is 11.6 Å². The molecular formula is C22H31ClN2O4. The van der Waals surface area contributed by atoms with Crippen LogP contribution in [0.3, 0.4) is 0 Å². The lowest BCUT2D eigenvalue weighted by Crippen LogP contribution is -2.40. The molecule has 3 aliphatic carbocycles. The molecular weight excluding hydrogens is 392 g/mol. The van der Waals surface area contributed by atoms with Crippen LogP contribution < -0.4 is 14.8 Å². The van der Waals surface area contributed by atoms with E-state index >= 15 is 0 Å². The van der Waals surface area contributed by atoms with Crippen LogP contribution in [0.2, 0.25) is 5.02 Å². The summed E-state index contributed by atoms with van der Waals surface area (Å²) >= 11 is 6.52. The Hall–Kier alpha value is -1.53. The lowest BCUT2D eigenvalue weighted by molar-refractivity contribution is -0.120. The van der Waals surface area contributed by atoms with E-state index in [9.17, 15) is 4.79 Å². The van der Waals surface area contributed by atoms with Gasteiger partial charge in [-0.05, 0) is 63.2 Å². The van der Waals surface area contributed by atoms with Crippen LogP contribution in [-0.2, 0) is 9.53 Å². The van der Waals surface area contributed by atoms with Crippen molar-refractivity contribution in [3.63, 3.8) is 0 Å². The number of pyridine rings is 1. The number of fused-ring (bicyclic) bond motifs is 2. The van der Waals surface area contributed by atoms with Gasteiger partial charge in [-0.3, -0.25) is 4.79 Å². The topological polar surface area (TPSA) is 69.7 Å². The highest BCUT2D eigenvalue weighted by atomic mass is 35.5. The van der Waals surface area contributed by atoms with Crippen molar-refractivity contribution in [1.82, 2.24) is 10.3 Å². The van der Waals surface area contributed by atoms with Crippen LogP contribution in [0, 0.1) is 17.8 Å². The second-order valence-electron chi connectivity index (χ2n) is 8.96. The SMILES string of the molecule is CC(=O)N[C@@H](C)COC1CC(COc2nccc(OC3C[C@@H]4CCC3C4)c2Cl)C1. The largest absolute Gasteiger partial charge is 0.488 e. The Morgan fingerprint density at radius 1 is 1.31 bits per heavy atom. The zero-order valence-corrected chi connectivity index (χ0v) is 18.0. The fourth-order valence-corrected chi connectivity index (χ4v) is 5.12. The fourth-order valence-electron chi connectivity index (χ4n) is 4.91. The molecule has 7 heteroatoms. The first kappa shape index (κ1) is 20.7. The quantitative estimate of drug-likeness (QED) is 0.651. The molecule has 0 aromatic carbocycles. The highest BCUT2D eigenvalue weighted by Gasteiger charge is 2.41. The first-order chi connectivity index (χ1) is 14.0. The van der Waals surface area contributed by atoms with E-state index < -0.39 is 0 Å². The van der Waals surface area contributed by atoms with Gasteiger partial charge in [0.15, 0.2) is 0 Å². The molecule has 6 nitrogen and oxygen atoms in total. The Bertz CT molecular complexity index is 725. The minimum Gasteiger partial charge on any atom is -0.488 e. The van der Waals surface area contributed by atoms with Gasteiger partial charge in [-0.15, -0.1) is 0 Å². The van der Waals surface area contributed by atoms with Crippen LogP contribution in [0.25, 0.3) is 0 Å². The second-order valence-corrected chi connectivity index (χ2v) is 9.34. The van der Waals surface area contributed by atoms with Gasteiger partial charge >= 0.3 is 0 Å². The molecule has 2 bridgehead atoms. The molecule has 3 saturated carbocycles. The lowest BCUT2D eigenvalue weighted by Gasteiger charge is -2.35. The summed E-state index contributed by atoms with van der Waals surface area (Å²) in [4.78, 5) is 15.3. The van der Waals surface area contributed by atoms with Crippen LogP contribution in [0.5, 0.6) is 11.6 Å². The van der Waals surface area contributed by atoms with Gasteiger partial charge in [-0.2, -0.15) is 0 Å². The van der Waals surface area contributed by atoms with Gasteiger partial charge in [0.2, 0.25) is 11.8 Å². The van der Waals surface area contributed by atoms with Crippen LogP contribution >= 0.6 is 11.6 Å². The Labute approximate surface area is 177 Å². The van der Waals surface area contributed by atoms with E-state index in [-0.39, 0.29) is 24.2 Å². The van der Waals surface area contributed by atoms with Gasteiger partial charge in [0.05, 0.1) is 19.3 Å². The average molecular weight is 423 g/mol. The van der Waals surface area contributed by atoms with Crippen molar-refractivity contribution in [1.29, 1.82) is 0 Å². The number of rotatable bonds is 9. The second kappa shape index (κ2) is 9.09. The maximum Gasteiger partial charge on any atom is 0.236 e. The Morgan fingerprint density at radius 3 is 2.83 bits per heavy atom. The maximum atomic E-state index is 11.0. The lowest BCUT2D eigenvalue weighted by atomic mass is 9.83. The summed E-state index contributed by atoms with van der Waals surface area (Å²) in [7, 11) is 0. The van der Waals surface area contributed by atoms with Crippen molar-refractivity contribution >= 4 is 17.5 Å². The average Bonchev–Trinajstić information content (AvgIpc) is 3.25. The molecule has 3 fully saturated rings. The summed E-state index contributed by atoms with van der Waals surface area (Å²) in [5.74, 6) is 3.05. The Balaban J connectivity index is 1.19. The van der Waals surface area contributed by atoms with E-state index in [1.54, 1.807) is 6.20 Å². The van der Waals surface area contributed by atoms with Crippen molar-refractivity contribution in [3.05, 3.63) is 17.3 Å². The third kappa shape index (κ3) is 5.15. The zero-order chi connectivity index (χ0) is 20.4. The van der Waals surface area contributed by atoms with Crippen LogP contribution in [0.4, 0.5) is 0 Å². The molecule has 0 spiro atoms. The van der Waals surface area contributed by atoms with E-state index in [1.807, 2.05) is 13.0 Å². The van der Waals surface area contributed by atoms with E-state index in [4.69, 9.17) is 25.8 Å². The molecule has 1 aromatic rings. The van der Waals surface area contributed by atoms with Gasteiger partial charge in [-0.1, -0.05) is 11.6 Å². The predicted octanol–water partition coefficient (Wildman–Crippen LogP) is 4.00. The van der Waals surface area contributed by atoms with Gasteiger partial charge in [0.1, 0.15) is 16.9 Å². The molecule has 0 aliphatic heterocycles. The molecule has 1 N–H and O–H groups in total. The molecule has 1 heterocycles. The van der Waals surface area contributed by atoms with Gasteiger partial charge in [0.25, 0.3) is 0 Å². The van der Waals surface area contributed by atoms with Gasteiger partial charge in [-0.25, -0.2) is 4.98 Å². The smallest absolute Gasteiger partial charge is 0.236 e. The van der Waals surface area contributed by atoms with Crippen molar-refractivity contribution in [2.45, 2.75) is 70.6 Å². The van der Waals surface area contributed by atoms with Crippen LogP contribution in [0.15, 0.2) is 12.3 Å². The first-order valence-corrected chi connectivity index (χ1v) is 11.2. The van der Waals surface area contributed by atoms with Crippen molar-refractivity contribution < 1.29 is 19.0 Å². The summed E-state index contributed by atoms with van der Waals surface area (Å²) in [6.07, 6.45) is 9.19. The summed E-state index contributed by atoms with van der Waals surface area (Å²) in [6.45, 7) is 4.57. The van der Waals surface area contributed by atoms with E-state index in [2.05, 4.69) is 10.3 Å². The summed E-state index contributed by atoms with van der Waals surface area (Å²) < 4.78 is 18.0. The normalized spacial score (nSPS) is 31.2. The Kier molecular flexibility index (Phi) is 6.50. The van der Waals surface area contributed by atoms with E-state index in [0.717, 1.165) is 25.2 Å². The fraction of sp³-hybridized carbons (Fsp3) is 0.727. The molecule has 0 saturated heterocycles. The number of amides is 1. The third-order valence-corrected chi connectivity index (χ3v) is 6.80. The van der Waals surface area contributed by atoms with Crippen LogP contribution in [0.1, 0.15) is 52.4 Å².